The van der Waals surface area contributed by atoms with Crippen LogP contribution < -0.4 is 15.2 Å². The van der Waals surface area contributed by atoms with Gasteiger partial charge >= 0.3 is 5.97 Å². The van der Waals surface area contributed by atoms with Crippen LogP contribution >= 0.6 is 0 Å². The van der Waals surface area contributed by atoms with Crippen molar-refractivity contribution in [1.29, 1.82) is 0 Å². The molecule has 6 nitrogen and oxygen atoms in total. The number of ether oxygens (including phenoxy) is 2. The van der Waals surface area contributed by atoms with Gasteiger partial charge in [-0.05, 0) is 12.1 Å². The first-order valence-corrected chi connectivity index (χ1v) is 5.16. The molecular weight excluding hydrogens is 226 g/mol. The van der Waals surface area contributed by atoms with Gasteiger partial charge in [-0.3, -0.25) is 4.79 Å². The second kappa shape index (κ2) is 4.50. The Kier molecular flexibility index (Phi) is 3.06. The van der Waals surface area contributed by atoms with Crippen LogP contribution in [-0.2, 0) is 4.79 Å². The molecule has 1 aromatic carbocycles. The van der Waals surface area contributed by atoms with Gasteiger partial charge in [-0.15, -0.1) is 0 Å². The Balaban J connectivity index is 2.42. The van der Waals surface area contributed by atoms with E-state index in [1.54, 1.807) is 6.07 Å². The minimum Gasteiger partial charge on any atom is -0.508 e. The molecule has 1 heterocycles. The Labute approximate surface area is 97.6 Å². The largest absolute Gasteiger partial charge is 0.508 e. The third-order valence-corrected chi connectivity index (χ3v) is 2.67. The van der Waals surface area contributed by atoms with E-state index in [2.05, 4.69) is 0 Å². The van der Waals surface area contributed by atoms with Crippen LogP contribution in [0, 0.1) is 0 Å². The first-order valence-electron chi connectivity index (χ1n) is 5.16. The van der Waals surface area contributed by atoms with Crippen molar-refractivity contribution in [2.45, 2.75) is 12.3 Å². The molecule has 0 radical (unpaired) electrons. The normalized spacial score (nSPS) is 14.6. The summed E-state index contributed by atoms with van der Waals surface area (Å²) in [5.41, 5.74) is 5.95. The summed E-state index contributed by atoms with van der Waals surface area (Å²) < 4.78 is 10.4. The van der Waals surface area contributed by atoms with Gasteiger partial charge in [0.25, 0.3) is 0 Å². The molecule has 0 bridgehead atoms. The van der Waals surface area contributed by atoms with Crippen LogP contribution in [0.25, 0.3) is 0 Å². The molecule has 0 aliphatic carbocycles. The number of phenolic OH excluding ortho intramolecular Hbond substituents is 1. The van der Waals surface area contributed by atoms with E-state index in [1.165, 1.54) is 6.07 Å². The molecule has 1 unspecified atom stereocenters. The number of benzene rings is 1. The zero-order valence-corrected chi connectivity index (χ0v) is 9.05. The van der Waals surface area contributed by atoms with Crippen LogP contribution in [0.4, 0.5) is 0 Å². The van der Waals surface area contributed by atoms with Crippen LogP contribution in [0.5, 0.6) is 17.2 Å². The van der Waals surface area contributed by atoms with Gasteiger partial charge in [0.05, 0.1) is 6.42 Å². The number of carbonyl (C=O) groups is 1. The fraction of sp³-hybridized carbons (Fsp3) is 0.364. The number of phenols is 1. The lowest BCUT2D eigenvalue weighted by Gasteiger charge is -2.16. The molecule has 92 valence electrons. The van der Waals surface area contributed by atoms with Gasteiger partial charge in [-0.1, -0.05) is 0 Å². The molecule has 0 amide bonds. The Hall–Kier alpha value is -1.95. The van der Waals surface area contributed by atoms with Gasteiger partial charge in [-0.2, -0.15) is 0 Å². The number of carboxylic acids is 1. The highest BCUT2D eigenvalue weighted by Gasteiger charge is 2.27. The summed E-state index contributed by atoms with van der Waals surface area (Å²) in [6.45, 7) is 0.176. The molecule has 1 aliphatic heterocycles. The van der Waals surface area contributed by atoms with Gasteiger partial charge in [0.15, 0.2) is 11.5 Å². The molecular formula is C11H13NO5. The molecule has 0 fully saturated rings. The van der Waals surface area contributed by atoms with Crippen LogP contribution in [-0.4, -0.2) is 29.5 Å². The van der Waals surface area contributed by atoms with E-state index < -0.39 is 11.9 Å². The summed E-state index contributed by atoms with van der Waals surface area (Å²) in [5, 5.41) is 18.6. The molecule has 0 saturated heterocycles. The average Bonchev–Trinajstić information content (AvgIpc) is 2.74. The van der Waals surface area contributed by atoms with Crippen molar-refractivity contribution in [3.63, 3.8) is 0 Å². The molecule has 4 N–H and O–H groups in total. The second-order valence-corrected chi connectivity index (χ2v) is 3.76. The van der Waals surface area contributed by atoms with Crippen LogP contribution in [0.2, 0.25) is 0 Å². The molecule has 17 heavy (non-hydrogen) atoms. The predicted octanol–water partition coefficient (Wildman–Crippen LogP) is 0.638. The van der Waals surface area contributed by atoms with Gasteiger partial charge in [0, 0.05) is 18.0 Å². The third kappa shape index (κ3) is 2.12. The molecule has 6 heteroatoms. The quantitative estimate of drug-likeness (QED) is 0.712. The Morgan fingerprint density at radius 2 is 2.24 bits per heavy atom. The van der Waals surface area contributed by atoms with Gasteiger partial charge in [0.2, 0.25) is 6.79 Å². The maximum absolute atomic E-state index is 10.7. The summed E-state index contributed by atoms with van der Waals surface area (Å²) in [5.74, 6) is -0.602. The first-order chi connectivity index (χ1) is 8.13. The molecule has 1 atom stereocenters. The van der Waals surface area contributed by atoms with E-state index >= 15 is 0 Å². The highest BCUT2D eigenvalue weighted by Crippen LogP contribution is 2.44. The Morgan fingerprint density at radius 1 is 1.47 bits per heavy atom. The molecule has 0 aromatic heterocycles. The molecule has 1 aliphatic rings. The summed E-state index contributed by atoms with van der Waals surface area (Å²) in [6.07, 6.45) is -0.163. The van der Waals surface area contributed by atoms with Crippen molar-refractivity contribution in [1.82, 2.24) is 0 Å². The van der Waals surface area contributed by atoms with Gasteiger partial charge in [-0.25, -0.2) is 0 Å². The summed E-state index contributed by atoms with van der Waals surface area (Å²) in [7, 11) is 0. The lowest BCUT2D eigenvalue weighted by atomic mass is 9.93. The number of carboxylic acid groups (broad SMARTS) is 1. The minimum absolute atomic E-state index is 0.0223. The lowest BCUT2D eigenvalue weighted by Crippen LogP contribution is -2.17. The van der Waals surface area contributed by atoms with E-state index in [4.69, 9.17) is 20.3 Å². The zero-order valence-electron chi connectivity index (χ0n) is 9.05. The van der Waals surface area contributed by atoms with Crippen LogP contribution in [0.3, 0.4) is 0 Å². The SMILES string of the molecule is NCC(CC(=O)O)c1c(O)ccc2c1OCO2. The number of nitrogens with two attached hydrogens (primary N) is 1. The van der Waals surface area contributed by atoms with Crippen molar-refractivity contribution >= 4 is 5.97 Å². The van der Waals surface area contributed by atoms with E-state index in [0.717, 1.165) is 0 Å². The number of aliphatic carboxylic acids is 1. The highest BCUT2D eigenvalue weighted by molar-refractivity contribution is 5.69. The molecule has 1 aromatic rings. The monoisotopic (exact) mass is 239 g/mol. The highest BCUT2D eigenvalue weighted by atomic mass is 16.7. The topological polar surface area (TPSA) is 102 Å². The van der Waals surface area contributed by atoms with E-state index in [9.17, 15) is 9.90 Å². The van der Waals surface area contributed by atoms with E-state index in [-0.39, 0.29) is 25.5 Å². The van der Waals surface area contributed by atoms with Crippen molar-refractivity contribution in [2.24, 2.45) is 5.73 Å². The molecule has 2 rings (SSSR count). The van der Waals surface area contributed by atoms with Crippen molar-refractivity contribution in [3.8, 4) is 17.2 Å². The van der Waals surface area contributed by atoms with Gasteiger partial charge < -0.3 is 25.4 Å². The third-order valence-electron chi connectivity index (χ3n) is 2.67. The minimum atomic E-state index is -0.976. The van der Waals surface area contributed by atoms with Crippen LogP contribution in [0.1, 0.15) is 17.9 Å². The summed E-state index contributed by atoms with van der Waals surface area (Å²) >= 11 is 0. The van der Waals surface area contributed by atoms with Crippen molar-refractivity contribution < 1.29 is 24.5 Å². The number of hydrogen-bond acceptors (Lipinski definition) is 5. The predicted molar refractivity (Wildman–Crippen MR) is 58.3 cm³/mol. The maximum Gasteiger partial charge on any atom is 0.304 e. The number of fused-ring (bicyclic) bond motifs is 1. The molecule has 0 saturated carbocycles. The maximum atomic E-state index is 10.7. The number of rotatable bonds is 4. The standard InChI is InChI=1S/C11H13NO5/c12-4-6(3-9(14)15)10-7(13)1-2-8-11(10)17-5-16-8/h1-2,6,13H,3-5,12H2,(H,14,15). The summed E-state index contributed by atoms with van der Waals surface area (Å²) in [4.78, 5) is 10.7. The zero-order chi connectivity index (χ0) is 12.4. The lowest BCUT2D eigenvalue weighted by molar-refractivity contribution is -0.137. The number of hydrogen-bond donors (Lipinski definition) is 3. The van der Waals surface area contributed by atoms with Crippen LogP contribution in [0.15, 0.2) is 12.1 Å². The Bertz CT molecular complexity index is 446. The van der Waals surface area contributed by atoms with Crippen molar-refractivity contribution in [3.05, 3.63) is 17.7 Å². The average molecular weight is 239 g/mol. The summed E-state index contributed by atoms with van der Waals surface area (Å²) in [6, 6.07) is 3.03. The number of aromatic hydroxyl groups is 1. The molecule has 0 spiro atoms. The smallest absolute Gasteiger partial charge is 0.304 e. The second-order valence-electron chi connectivity index (χ2n) is 3.76. The van der Waals surface area contributed by atoms with Crippen molar-refractivity contribution in [2.75, 3.05) is 13.3 Å². The van der Waals surface area contributed by atoms with Gasteiger partial charge in [0.1, 0.15) is 5.75 Å². The van der Waals surface area contributed by atoms with E-state index in [0.29, 0.717) is 17.1 Å². The fourth-order valence-electron chi connectivity index (χ4n) is 1.89. The fourth-order valence-corrected chi connectivity index (χ4v) is 1.89. The first kappa shape index (κ1) is 11.5. The van der Waals surface area contributed by atoms with E-state index in [1.807, 2.05) is 0 Å². The Morgan fingerprint density at radius 3 is 2.88 bits per heavy atom.